The number of nitrogens with zero attached hydrogens (tertiary/aromatic N) is 5. The van der Waals surface area contributed by atoms with Gasteiger partial charge in [-0.2, -0.15) is 5.10 Å². The Balaban J connectivity index is 1.63. The molecule has 138 valence electrons. The average Bonchev–Trinajstić information content (AvgIpc) is 3.30. The van der Waals surface area contributed by atoms with Crippen molar-refractivity contribution in [1.29, 1.82) is 0 Å². The van der Waals surface area contributed by atoms with E-state index in [9.17, 15) is 0 Å². The average molecular weight is 359 g/mol. The van der Waals surface area contributed by atoms with E-state index in [2.05, 4.69) is 71.1 Å². The Hall–Kier alpha value is -2.95. The van der Waals surface area contributed by atoms with Crippen LogP contribution < -0.4 is 0 Å². The zero-order valence-electron chi connectivity index (χ0n) is 16.1. The van der Waals surface area contributed by atoms with Gasteiger partial charge >= 0.3 is 0 Å². The lowest BCUT2D eigenvalue weighted by molar-refractivity contribution is 0.506. The van der Waals surface area contributed by atoms with Crippen molar-refractivity contribution in [2.75, 3.05) is 0 Å². The van der Waals surface area contributed by atoms with Crippen molar-refractivity contribution >= 4 is 5.65 Å². The molecule has 0 saturated heterocycles. The number of imidazole rings is 1. The first-order valence-corrected chi connectivity index (χ1v) is 9.51. The monoisotopic (exact) mass is 359 g/mol. The number of aromatic nitrogens is 5. The molecule has 0 aliphatic heterocycles. The molecule has 4 aromatic rings. The van der Waals surface area contributed by atoms with Crippen LogP contribution in [0.25, 0.3) is 16.9 Å². The van der Waals surface area contributed by atoms with E-state index in [4.69, 9.17) is 4.98 Å². The van der Waals surface area contributed by atoms with E-state index in [0.717, 1.165) is 47.8 Å². The van der Waals surface area contributed by atoms with Crippen molar-refractivity contribution in [3.63, 3.8) is 0 Å². The first kappa shape index (κ1) is 17.5. The molecule has 0 aliphatic rings. The van der Waals surface area contributed by atoms with Crippen LogP contribution >= 0.6 is 0 Å². The maximum Gasteiger partial charge on any atom is 0.158 e. The summed E-state index contributed by atoms with van der Waals surface area (Å²) in [6, 6.07) is 14.7. The molecule has 0 spiro atoms. The standard InChI is InChI=1S/C22H25N5/c1-16(2)13-26-14-20(18-7-5-4-6-8-18)25-21(26)12-11-19-10-9-17(3)27-22(19)23-15-24-27/h4-10,14-16H,11-13H2,1-3H3. The van der Waals surface area contributed by atoms with Crippen molar-refractivity contribution in [2.45, 2.75) is 40.2 Å². The van der Waals surface area contributed by atoms with Crippen molar-refractivity contribution in [1.82, 2.24) is 24.1 Å². The third-order valence-electron chi connectivity index (χ3n) is 4.80. The van der Waals surface area contributed by atoms with Crippen LogP contribution in [0.15, 0.2) is 55.0 Å². The highest BCUT2D eigenvalue weighted by molar-refractivity contribution is 5.58. The van der Waals surface area contributed by atoms with Gasteiger partial charge in [-0.3, -0.25) is 0 Å². The fraction of sp³-hybridized carbons (Fsp3) is 0.318. The molecule has 4 rings (SSSR count). The molecular weight excluding hydrogens is 334 g/mol. The SMILES string of the molecule is Cc1ccc(CCc2nc(-c3ccccc3)cn2CC(C)C)c2ncnn12. The molecule has 0 aliphatic carbocycles. The number of aryl methyl sites for hydroxylation is 3. The van der Waals surface area contributed by atoms with Crippen molar-refractivity contribution < 1.29 is 0 Å². The summed E-state index contributed by atoms with van der Waals surface area (Å²) in [4.78, 5) is 9.39. The molecule has 3 aromatic heterocycles. The number of benzene rings is 1. The zero-order chi connectivity index (χ0) is 18.8. The third-order valence-corrected chi connectivity index (χ3v) is 4.80. The van der Waals surface area contributed by atoms with E-state index in [0.29, 0.717) is 5.92 Å². The van der Waals surface area contributed by atoms with Crippen molar-refractivity contribution in [3.05, 3.63) is 72.1 Å². The number of rotatable bonds is 6. The summed E-state index contributed by atoms with van der Waals surface area (Å²) in [5.41, 5.74) is 5.46. The van der Waals surface area contributed by atoms with Crippen LogP contribution in [0.4, 0.5) is 0 Å². The molecule has 0 bridgehead atoms. The van der Waals surface area contributed by atoms with Gasteiger partial charge in [-0.05, 0) is 30.9 Å². The predicted octanol–water partition coefficient (Wildman–Crippen LogP) is 4.34. The van der Waals surface area contributed by atoms with Crippen LogP contribution in [-0.4, -0.2) is 24.1 Å². The molecule has 27 heavy (non-hydrogen) atoms. The van der Waals surface area contributed by atoms with Crippen LogP contribution in [0, 0.1) is 12.8 Å². The Bertz CT molecular complexity index is 1040. The summed E-state index contributed by atoms with van der Waals surface area (Å²) in [6.45, 7) is 7.51. The lowest BCUT2D eigenvalue weighted by Gasteiger charge is -2.10. The fourth-order valence-electron chi connectivity index (χ4n) is 3.48. The van der Waals surface area contributed by atoms with E-state index < -0.39 is 0 Å². The van der Waals surface area contributed by atoms with Gasteiger partial charge in [-0.15, -0.1) is 0 Å². The van der Waals surface area contributed by atoms with E-state index in [-0.39, 0.29) is 0 Å². The largest absolute Gasteiger partial charge is 0.334 e. The normalized spacial score (nSPS) is 11.6. The highest BCUT2D eigenvalue weighted by Crippen LogP contribution is 2.21. The molecule has 3 heterocycles. The van der Waals surface area contributed by atoms with Gasteiger partial charge in [-0.1, -0.05) is 50.2 Å². The highest BCUT2D eigenvalue weighted by atomic mass is 15.3. The molecule has 0 fully saturated rings. The van der Waals surface area contributed by atoms with E-state index >= 15 is 0 Å². The van der Waals surface area contributed by atoms with Gasteiger partial charge in [-0.25, -0.2) is 14.5 Å². The molecule has 0 atom stereocenters. The van der Waals surface area contributed by atoms with Gasteiger partial charge in [0.05, 0.1) is 5.69 Å². The number of pyridine rings is 1. The Morgan fingerprint density at radius 1 is 1.00 bits per heavy atom. The number of hydrogen-bond acceptors (Lipinski definition) is 3. The second kappa shape index (κ2) is 7.35. The molecule has 0 unspecified atom stereocenters. The number of fused-ring (bicyclic) bond motifs is 1. The maximum absolute atomic E-state index is 4.95. The van der Waals surface area contributed by atoms with E-state index in [1.165, 1.54) is 5.56 Å². The summed E-state index contributed by atoms with van der Waals surface area (Å²) >= 11 is 0. The minimum Gasteiger partial charge on any atom is -0.334 e. The fourth-order valence-corrected chi connectivity index (χ4v) is 3.48. The summed E-state index contributed by atoms with van der Waals surface area (Å²) in [5.74, 6) is 1.70. The molecule has 0 radical (unpaired) electrons. The Morgan fingerprint density at radius 3 is 2.59 bits per heavy atom. The van der Waals surface area contributed by atoms with E-state index in [1.54, 1.807) is 6.33 Å². The van der Waals surface area contributed by atoms with Crippen molar-refractivity contribution in [3.8, 4) is 11.3 Å². The first-order chi connectivity index (χ1) is 13.1. The predicted molar refractivity (Wildman–Crippen MR) is 108 cm³/mol. The zero-order valence-corrected chi connectivity index (χ0v) is 16.1. The second-order valence-electron chi connectivity index (χ2n) is 7.45. The molecule has 5 nitrogen and oxygen atoms in total. The van der Waals surface area contributed by atoms with Gasteiger partial charge < -0.3 is 4.57 Å². The first-order valence-electron chi connectivity index (χ1n) is 9.51. The van der Waals surface area contributed by atoms with Gasteiger partial charge in [0.2, 0.25) is 0 Å². The van der Waals surface area contributed by atoms with E-state index in [1.807, 2.05) is 17.5 Å². The molecule has 1 aromatic carbocycles. The Kier molecular flexibility index (Phi) is 4.75. The van der Waals surface area contributed by atoms with Gasteiger partial charge in [0.15, 0.2) is 5.65 Å². The van der Waals surface area contributed by atoms with Crippen LogP contribution in [0.2, 0.25) is 0 Å². The lowest BCUT2D eigenvalue weighted by atomic mass is 10.1. The number of hydrogen-bond donors (Lipinski definition) is 0. The quantitative estimate of drug-likeness (QED) is 0.514. The summed E-state index contributed by atoms with van der Waals surface area (Å²) in [5, 5.41) is 4.32. The minimum atomic E-state index is 0.573. The van der Waals surface area contributed by atoms with Crippen LogP contribution in [0.3, 0.4) is 0 Å². The molecule has 0 amide bonds. The van der Waals surface area contributed by atoms with Crippen LogP contribution in [0.5, 0.6) is 0 Å². The molecule has 0 N–H and O–H groups in total. The molecule has 5 heteroatoms. The second-order valence-corrected chi connectivity index (χ2v) is 7.45. The lowest BCUT2D eigenvalue weighted by Crippen LogP contribution is -2.09. The van der Waals surface area contributed by atoms with Crippen LogP contribution in [0.1, 0.15) is 30.9 Å². The van der Waals surface area contributed by atoms with Crippen molar-refractivity contribution in [2.24, 2.45) is 5.92 Å². The Morgan fingerprint density at radius 2 is 1.81 bits per heavy atom. The maximum atomic E-state index is 4.95. The van der Waals surface area contributed by atoms with Gasteiger partial charge in [0.1, 0.15) is 12.2 Å². The minimum absolute atomic E-state index is 0.573. The van der Waals surface area contributed by atoms with Gasteiger partial charge in [0, 0.05) is 30.4 Å². The molecular formula is C22H25N5. The van der Waals surface area contributed by atoms with Crippen LogP contribution in [-0.2, 0) is 19.4 Å². The van der Waals surface area contributed by atoms with Gasteiger partial charge in [0.25, 0.3) is 0 Å². The topological polar surface area (TPSA) is 48.0 Å². The summed E-state index contributed by atoms with van der Waals surface area (Å²) < 4.78 is 4.22. The Labute approximate surface area is 159 Å². The summed E-state index contributed by atoms with van der Waals surface area (Å²) in [7, 11) is 0. The highest BCUT2D eigenvalue weighted by Gasteiger charge is 2.13. The molecule has 0 saturated carbocycles. The third kappa shape index (κ3) is 3.63. The summed E-state index contributed by atoms with van der Waals surface area (Å²) in [6.07, 6.45) is 5.59. The smallest absolute Gasteiger partial charge is 0.158 e.